The van der Waals surface area contributed by atoms with Crippen molar-refractivity contribution in [2.75, 3.05) is 40.1 Å². The molecule has 0 N–H and O–H groups in total. The number of carbonyl (C=O) groups is 1. The van der Waals surface area contributed by atoms with Gasteiger partial charge in [-0.2, -0.15) is 0 Å². The van der Waals surface area contributed by atoms with Crippen molar-refractivity contribution in [2.24, 2.45) is 0 Å². The fourth-order valence-corrected chi connectivity index (χ4v) is 3.86. The van der Waals surface area contributed by atoms with E-state index in [-0.39, 0.29) is 12.7 Å². The number of piperazine rings is 1. The molecule has 7 nitrogen and oxygen atoms in total. The van der Waals surface area contributed by atoms with Gasteiger partial charge in [-0.1, -0.05) is 18.2 Å². The Morgan fingerprint density at radius 1 is 1.03 bits per heavy atom. The number of ether oxygens (including phenoxy) is 3. The van der Waals surface area contributed by atoms with Crippen LogP contribution in [0.15, 0.2) is 46.9 Å². The van der Waals surface area contributed by atoms with E-state index in [0.29, 0.717) is 30.2 Å². The normalized spacial score (nSPS) is 16.4. The minimum absolute atomic E-state index is 0.0778. The maximum absolute atomic E-state index is 12.9. The third kappa shape index (κ3) is 3.38. The molecule has 0 radical (unpaired) electrons. The second-order valence-corrected chi connectivity index (χ2v) is 7.25. The van der Waals surface area contributed by atoms with Crippen molar-refractivity contribution in [1.29, 1.82) is 0 Å². The molecule has 3 heterocycles. The smallest absolute Gasteiger partial charge is 0.289 e. The third-order valence-electron chi connectivity index (χ3n) is 5.44. The predicted molar refractivity (Wildman–Crippen MR) is 107 cm³/mol. The van der Waals surface area contributed by atoms with Crippen LogP contribution in [-0.4, -0.2) is 55.8 Å². The molecule has 5 rings (SSSR count). The van der Waals surface area contributed by atoms with Gasteiger partial charge in [-0.25, -0.2) is 0 Å². The van der Waals surface area contributed by atoms with Gasteiger partial charge in [0.05, 0.1) is 7.11 Å². The third-order valence-corrected chi connectivity index (χ3v) is 5.44. The van der Waals surface area contributed by atoms with Gasteiger partial charge in [-0.3, -0.25) is 9.69 Å². The van der Waals surface area contributed by atoms with E-state index >= 15 is 0 Å². The van der Waals surface area contributed by atoms with Crippen LogP contribution < -0.4 is 14.2 Å². The molecule has 0 bridgehead atoms. The summed E-state index contributed by atoms with van der Waals surface area (Å²) in [6.45, 7) is 4.05. The van der Waals surface area contributed by atoms with Crippen LogP contribution in [0.25, 0.3) is 11.0 Å². The van der Waals surface area contributed by atoms with Gasteiger partial charge in [-0.15, -0.1) is 0 Å². The lowest BCUT2D eigenvalue weighted by atomic mass is 10.1. The quantitative estimate of drug-likeness (QED) is 0.678. The molecule has 2 aromatic carbocycles. The Morgan fingerprint density at radius 2 is 1.86 bits per heavy atom. The first kappa shape index (κ1) is 17.9. The first-order chi connectivity index (χ1) is 14.2. The largest absolute Gasteiger partial charge is 0.493 e. The molecule has 1 saturated heterocycles. The van der Waals surface area contributed by atoms with E-state index < -0.39 is 0 Å². The molecule has 150 valence electrons. The van der Waals surface area contributed by atoms with Gasteiger partial charge in [0.2, 0.25) is 6.79 Å². The lowest BCUT2D eigenvalue weighted by Crippen LogP contribution is -2.48. The standard InChI is InChI=1S/C22H22N2O5/c1-26-18-4-2-3-16-12-20(29-21(16)18)22(25)24-9-7-23(8-10-24)13-15-5-6-17-19(11-15)28-14-27-17/h2-6,11-12H,7-10,13-14H2,1H3. The monoisotopic (exact) mass is 394 g/mol. The lowest BCUT2D eigenvalue weighted by molar-refractivity contribution is 0.0600. The topological polar surface area (TPSA) is 64.4 Å². The van der Waals surface area contributed by atoms with E-state index in [4.69, 9.17) is 18.6 Å². The number of carbonyl (C=O) groups excluding carboxylic acids is 1. The molecule has 0 saturated carbocycles. The summed E-state index contributed by atoms with van der Waals surface area (Å²) in [7, 11) is 1.60. The summed E-state index contributed by atoms with van der Waals surface area (Å²) in [4.78, 5) is 17.1. The van der Waals surface area contributed by atoms with Crippen molar-refractivity contribution in [3.05, 3.63) is 53.8 Å². The molecule has 29 heavy (non-hydrogen) atoms. The molecule has 1 aromatic heterocycles. The maximum Gasteiger partial charge on any atom is 0.289 e. The highest BCUT2D eigenvalue weighted by atomic mass is 16.7. The van der Waals surface area contributed by atoms with Crippen LogP contribution in [0.5, 0.6) is 17.2 Å². The summed E-state index contributed by atoms with van der Waals surface area (Å²) in [6, 6.07) is 13.5. The van der Waals surface area contributed by atoms with Crippen molar-refractivity contribution in [1.82, 2.24) is 9.80 Å². The molecule has 2 aliphatic heterocycles. The Hall–Kier alpha value is -3.19. The maximum atomic E-state index is 12.9. The molecule has 1 amide bonds. The molecular weight excluding hydrogens is 372 g/mol. The predicted octanol–water partition coefficient (Wildman–Crippen LogP) is 3.13. The Balaban J connectivity index is 1.23. The van der Waals surface area contributed by atoms with E-state index in [2.05, 4.69) is 11.0 Å². The Bertz CT molecular complexity index is 1050. The first-order valence-electron chi connectivity index (χ1n) is 9.68. The molecular formula is C22H22N2O5. The van der Waals surface area contributed by atoms with E-state index in [1.165, 1.54) is 5.56 Å². The fraction of sp³-hybridized carbons (Fsp3) is 0.318. The second kappa shape index (κ2) is 7.33. The molecule has 0 unspecified atom stereocenters. The summed E-state index contributed by atoms with van der Waals surface area (Å²) in [5, 5.41) is 0.870. The average Bonchev–Trinajstić information content (AvgIpc) is 3.40. The second-order valence-electron chi connectivity index (χ2n) is 7.25. The van der Waals surface area contributed by atoms with Gasteiger partial charge < -0.3 is 23.5 Å². The number of furan rings is 1. The van der Waals surface area contributed by atoms with Crippen molar-refractivity contribution in [2.45, 2.75) is 6.54 Å². The van der Waals surface area contributed by atoms with Gasteiger partial charge in [0.25, 0.3) is 5.91 Å². The van der Waals surface area contributed by atoms with E-state index in [1.54, 1.807) is 13.2 Å². The number of amides is 1. The summed E-state index contributed by atoms with van der Waals surface area (Å²) < 4.78 is 22.0. The van der Waals surface area contributed by atoms with Crippen LogP contribution in [0.4, 0.5) is 0 Å². The summed E-state index contributed by atoms with van der Waals surface area (Å²) in [5.74, 6) is 2.51. The van der Waals surface area contributed by atoms with Gasteiger partial charge in [0, 0.05) is 38.1 Å². The van der Waals surface area contributed by atoms with E-state index in [9.17, 15) is 4.79 Å². The first-order valence-corrected chi connectivity index (χ1v) is 9.68. The van der Waals surface area contributed by atoms with Crippen LogP contribution in [0.3, 0.4) is 0 Å². The number of methoxy groups -OCH3 is 1. The molecule has 0 aliphatic carbocycles. The van der Waals surface area contributed by atoms with Crippen molar-refractivity contribution < 1.29 is 23.4 Å². The lowest BCUT2D eigenvalue weighted by Gasteiger charge is -2.34. The van der Waals surface area contributed by atoms with Crippen LogP contribution in [-0.2, 0) is 6.54 Å². The molecule has 3 aromatic rings. The highest BCUT2D eigenvalue weighted by Crippen LogP contribution is 2.33. The van der Waals surface area contributed by atoms with Crippen molar-refractivity contribution in [3.8, 4) is 17.2 Å². The number of hydrogen-bond acceptors (Lipinski definition) is 6. The number of para-hydroxylation sites is 1. The van der Waals surface area contributed by atoms with Gasteiger partial charge >= 0.3 is 0 Å². The highest BCUT2D eigenvalue weighted by molar-refractivity contribution is 5.97. The van der Waals surface area contributed by atoms with Crippen LogP contribution in [0.2, 0.25) is 0 Å². The molecule has 2 aliphatic rings. The minimum atomic E-state index is -0.0778. The zero-order chi connectivity index (χ0) is 19.8. The van der Waals surface area contributed by atoms with Crippen LogP contribution in [0, 0.1) is 0 Å². The molecule has 1 fully saturated rings. The highest BCUT2D eigenvalue weighted by Gasteiger charge is 2.25. The Morgan fingerprint density at radius 3 is 2.69 bits per heavy atom. The van der Waals surface area contributed by atoms with E-state index in [1.807, 2.05) is 35.2 Å². The van der Waals surface area contributed by atoms with Gasteiger partial charge in [0.15, 0.2) is 28.6 Å². The summed E-state index contributed by atoms with van der Waals surface area (Å²) in [5.41, 5.74) is 1.79. The molecule has 7 heteroatoms. The van der Waals surface area contributed by atoms with E-state index in [0.717, 1.165) is 36.5 Å². The Kier molecular flexibility index (Phi) is 4.52. The number of rotatable bonds is 4. The zero-order valence-corrected chi connectivity index (χ0v) is 16.2. The molecule has 0 atom stereocenters. The average molecular weight is 394 g/mol. The van der Waals surface area contributed by atoms with Crippen LogP contribution in [0.1, 0.15) is 16.1 Å². The molecule has 0 spiro atoms. The summed E-state index contributed by atoms with van der Waals surface area (Å²) >= 11 is 0. The number of fused-ring (bicyclic) bond motifs is 2. The van der Waals surface area contributed by atoms with Crippen molar-refractivity contribution >= 4 is 16.9 Å². The van der Waals surface area contributed by atoms with Gasteiger partial charge in [-0.05, 0) is 29.8 Å². The number of nitrogens with zero attached hydrogens (tertiary/aromatic N) is 2. The fourth-order valence-electron chi connectivity index (χ4n) is 3.86. The van der Waals surface area contributed by atoms with Crippen molar-refractivity contribution in [3.63, 3.8) is 0 Å². The minimum Gasteiger partial charge on any atom is -0.493 e. The summed E-state index contributed by atoms with van der Waals surface area (Å²) in [6.07, 6.45) is 0. The van der Waals surface area contributed by atoms with Crippen LogP contribution >= 0.6 is 0 Å². The number of hydrogen-bond donors (Lipinski definition) is 0. The SMILES string of the molecule is COc1cccc2cc(C(=O)N3CCN(Cc4ccc5c(c4)OCO5)CC3)oc12. The Labute approximate surface area is 168 Å². The van der Waals surface area contributed by atoms with Gasteiger partial charge in [0.1, 0.15) is 0 Å². The zero-order valence-electron chi connectivity index (χ0n) is 16.2. The number of benzene rings is 2.